The first kappa shape index (κ1) is 14.9. The van der Waals surface area contributed by atoms with Crippen molar-refractivity contribution in [3.05, 3.63) is 30.1 Å². The van der Waals surface area contributed by atoms with Gasteiger partial charge in [0.25, 0.3) is 0 Å². The summed E-state index contributed by atoms with van der Waals surface area (Å²) in [7, 11) is 1.98. The molecule has 1 aromatic heterocycles. The lowest BCUT2D eigenvalue weighted by molar-refractivity contribution is -0.122. The highest BCUT2D eigenvalue weighted by atomic mass is 16.3. The van der Waals surface area contributed by atoms with Crippen LogP contribution in [0.15, 0.2) is 24.4 Å². The molecule has 1 saturated carbocycles. The molecule has 110 valence electrons. The van der Waals surface area contributed by atoms with Crippen molar-refractivity contribution < 1.29 is 9.90 Å². The number of amides is 1. The van der Waals surface area contributed by atoms with Crippen LogP contribution in [0.1, 0.15) is 18.5 Å². The van der Waals surface area contributed by atoms with Crippen molar-refractivity contribution in [1.82, 2.24) is 15.2 Å². The third kappa shape index (κ3) is 4.90. The van der Waals surface area contributed by atoms with Crippen molar-refractivity contribution in [3.8, 4) is 0 Å². The Morgan fingerprint density at radius 2 is 2.35 bits per heavy atom. The average Bonchev–Trinajstić information content (AvgIpc) is 3.29. The smallest absolute Gasteiger partial charge is 0.234 e. The summed E-state index contributed by atoms with van der Waals surface area (Å²) in [6, 6.07) is 6.32. The number of rotatable bonds is 8. The van der Waals surface area contributed by atoms with Gasteiger partial charge in [-0.2, -0.15) is 0 Å². The second-order valence-corrected chi connectivity index (χ2v) is 5.52. The van der Waals surface area contributed by atoms with Crippen LogP contribution in [0.5, 0.6) is 0 Å². The lowest BCUT2D eigenvalue weighted by atomic mass is 10.0. The Bertz CT molecular complexity index is 420. The summed E-state index contributed by atoms with van der Waals surface area (Å²) in [5.74, 6) is 0.0407. The summed E-state index contributed by atoms with van der Waals surface area (Å²) in [5.41, 5.74) is 0.941. The van der Waals surface area contributed by atoms with Crippen LogP contribution in [0.3, 0.4) is 0 Å². The van der Waals surface area contributed by atoms with Crippen molar-refractivity contribution in [3.63, 3.8) is 0 Å². The molecule has 1 fully saturated rings. The summed E-state index contributed by atoms with van der Waals surface area (Å²) >= 11 is 0. The fourth-order valence-electron chi connectivity index (χ4n) is 2.20. The number of aromatic nitrogens is 1. The zero-order valence-electron chi connectivity index (χ0n) is 12.0. The molecule has 1 amide bonds. The quantitative estimate of drug-likeness (QED) is 0.724. The fraction of sp³-hybridized carbons (Fsp3) is 0.600. The molecule has 0 aromatic carbocycles. The van der Waals surface area contributed by atoms with Gasteiger partial charge in [0.2, 0.25) is 5.91 Å². The van der Waals surface area contributed by atoms with Crippen LogP contribution < -0.4 is 5.32 Å². The van der Waals surface area contributed by atoms with Gasteiger partial charge in [-0.15, -0.1) is 0 Å². The predicted octanol–water partition coefficient (Wildman–Crippen LogP) is 0.443. The molecule has 1 aliphatic rings. The Balaban J connectivity index is 1.71. The van der Waals surface area contributed by atoms with E-state index in [1.807, 2.05) is 25.2 Å². The average molecular weight is 277 g/mol. The molecule has 1 aromatic rings. The van der Waals surface area contributed by atoms with Crippen molar-refractivity contribution in [1.29, 1.82) is 0 Å². The molecule has 1 aliphatic carbocycles. The number of hydrogen-bond acceptors (Lipinski definition) is 4. The molecule has 0 aliphatic heterocycles. The highest BCUT2D eigenvalue weighted by Gasteiger charge is 2.27. The van der Waals surface area contributed by atoms with Gasteiger partial charge in [-0.25, -0.2) is 0 Å². The number of aliphatic hydroxyl groups excluding tert-OH is 1. The second-order valence-electron chi connectivity index (χ2n) is 5.52. The molecule has 1 atom stereocenters. The fourth-order valence-corrected chi connectivity index (χ4v) is 2.20. The van der Waals surface area contributed by atoms with Gasteiger partial charge in [-0.3, -0.25) is 14.7 Å². The first-order chi connectivity index (χ1) is 9.69. The normalized spacial score (nSPS) is 16.1. The third-order valence-corrected chi connectivity index (χ3v) is 3.63. The molecule has 0 bridgehead atoms. The van der Waals surface area contributed by atoms with E-state index >= 15 is 0 Å². The maximum absolute atomic E-state index is 11.8. The van der Waals surface area contributed by atoms with E-state index in [0.29, 0.717) is 25.6 Å². The summed E-state index contributed by atoms with van der Waals surface area (Å²) in [4.78, 5) is 18.1. The number of hydrogen-bond donors (Lipinski definition) is 2. The molecular weight excluding hydrogens is 254 g/mol. The van der Waals surface area contributed by atoms with Gasteiger partial charge in [0, 0.05) is 37.0 Å². The molecule has 1 unspecified atom stereocenters. The number of carbonyl (C=O) groups excluding carboxylic acids is 1. The van der Waals surface area contributed by atoms with Crippen molar-refractivity contribution in [2.45, 2.75) is 25.3 Å². The lowest BCUT2D eigenvalue weighted by Crippen LogP contribution is -2.39. The molecule has 0 saturated heterocycles. The summed E-state index contributed by atoms with van der Waals surface area (Å²) in [6.07, 6.45) is 4.81. The largest absolute Gasteiger partial charge is 0.396 e. The van der Waals surface area contributed by atoms with E-state index in [9.17, 15) is 9.90 Å². The van der Waals surface area contributed by atoms with Crippen LogP contribution in [0.4, 0.5) is 0 Å². The molecule has 5 heteroatoms. The highest BCUT2D eigenvalue weighted by Crippen LogP contribution is 2.24. The molecular formula is C15H23N3O2. The SMILES string of the molecule is CN(CC(=O)NCC(CO)Cc1ccccn1)C1CC1. The minimum atomic E-state index is 0.0140. The van der Waals surface area contributed by atoms with Crippen LogP contribution in [0, 0.1) is 5.92 Å². The van der Waals surface area contributed by atoms with E-state index in [4.69, 9.17) is 0 Å². The van der Waals surface area contributed by atoms with Gasteiger partial charge in [-0.1, -0.05) is 6.07 Å². The molecule has 0 spiro atoms. The number of carbonyl (C=O) groups is 1. The van der Waals surface area contributed by atoms with Gasteiger partial charge in [-0.05, 0) is 38.4 Å². The molecule has 2 N–H and O–H groups in total. The number of nitrogens with zero attached hydrogens (tertiary/aromatic N) is 2. The minimum absolute atomic E-state index is 0.0140. The molecule has 2 rings (SSSR count). The zero-order chi connectivity index (χ0) is 14.4. The van der Waals surface area contributed by atoms with Gasteiger partial charge < -0.3 is 10.4 Å². The Labute approximate surface area is 120 Å². The van der Waals surface area contributed by atoms with E-state index in [1.165, 1.54) is 12.8 Å². The Kier molecular flexibility index (Phi) is 5.49. The van der Waals surface area contributed by atoms with E-state index in [2.05, 4.69) is 15.2 Å². The number of likely N-dealkylation sites (N-methyl/N-ethyl adjacent to an activating group) is 1. The van der Waals surface area contributed by atoms with E-state index < -0.39 is 0 Å². The zero-order valence-corrected chi connectivity index (χ0v) is 12.0. The van der Waals surface area contributed by atoms with Gasteiger partial charge in [0.1, 0.15) is 0 Å². The summed E-state index contributed by atoms with van der Waals surface area (Å²) in [6.45, 7) is 0.978. The van der Waals surface area contributed by atoms with E-state index in [-0.39, 0.29) is 18.4 Å². The van der Waals surface area contributed by atoms with Crippen molar-refractivity contribution in [2.75, 3.05) is 26.7 Å². The minimum Gasteiger partial charge on any atom is -0.396 e. The molecule has 20 heavy (non-hydrogen) atoms. The number of nitrogens with one attached hydrogen (secondary N) is 1. The second kappa shape index (κ2) is 7.36. The standard InChI is InChI=1S/C15H23N3O2/c1-18(14-5-6-14)10-15(20)17-9-12(11-19)8-13-4-2-3-7-16-13/h2-4,7,12,14,19H,5-6,8-11H2,1H3,(H,17,20). The highest BCUT2D eigenvalue weighted by molar-refractivity contribution is 5.78. The van der Waals surface area contributed by atoms with Gasteiger partial charge in [0.15, 0.2) is 0 Å². The van der Waals surface area contributed by atoms with Crippen LogP contribution in [0.25, 0.3) is 0 Å². The van der Waals surface area contributed by atoms with Crippen LogP contribution in [0.2, 0.25) is 0 Å². The summed E-state index contributed by atoms with van der Waals surface area (Å²) < 4.78 is 0. The Morgan fingerprint density at radius 3 is 2.95 bits per heavy atom. The first-order valence-corrected chi connectivity index (χ1v) is 7.16. The molecule has 1 heterocycles. The maximum Gasteiger partial charge on any atom is 0.234 e. The number of pyridine rings is 1. The Morgan fingerprint density at radius 1 is 1.55 bits per heavy atom. The predicted molar refractivity (Wildman–Crippen MR) is 77.2 cm³/mol. The monoisotopic (exact) mass is 277 g/mol. The van der Waals surface area contributed by atoms with Crippen LogP contribution in [-0.2, 0) is 11.2 Å². The topological polar surface area (TPSA) is 65.5 Å². The van der Waals surface area contributed by atoms with Gasteiger partial charge >= 0.3 is 0 Å². The summed E-state index contributed by atoms with van der Waals surface area (Å²) in [5, 5.41) is 12.3. The van der Waals surface area contributed by atoms with Gasteiger partial charge in [0.05, 0.1) is 6.54 Å². The van der Waals surface area contributed by atoms with Crippen molar-refractivity contribution in [2.24, 2.45) is 5.92 Å². The van der Waals surface area contributed by atoms with E-state index in [0.717, 1.165) is 5.69 Å². The first-order valence-electron chi connectivity index (χ1n) is 7.16. The van der Waals surface area contributed by atoms with E-state index in [1.54, 1.807) is 6.20 Å². The molecule has 0 radical (unpaired) electrons. The van der Waals surface area contributed by atoms with Crippen LogP contribution >= 0.6 is 0 Å². The maximum atomic E-state index is 11.8. The number of aliphatic hydroxyl groups is 1. The Hall–Kier alpha value is -1.46. The lowest BCUT2D eigenvalue weighted by Gasteiger charge is -2.18. The molecule has 5 nitrogen and oxygen atoms in total. The van der Waals surface area contributed by atoms with Crippen LogP contribution in [-0.4, -0.2) is 53.7 Å². The van der Waals surface area contributed by atoms with Crippen molar-refractivity contribution >= 4 is 5.91 Å². The third-order valence-electron chi connectivity index (χ3n) is 3.63.